The number of esters is 2. The van der Waals surface area contributed by atoms with Crippen LogP contribution in [0.25, 0.3) is 0 Å². The van der Waals surface area contributed by atoms with Crippen molar-refractivity contribution in [2.24, 2.45) is 16.2 Å². The number of phenolic OH excluding ortho intramolecular Hbond substituents is 2. The van der Waals surface area contributed by atoms with Crippen LogP contribution in [0.1, 0.15) is 168 Å². The zero-order valence-electron chi connectivity index (χ0n) is 38.8. The van der Waals surface area contributed by atoms with Crippen LogP contribution in [0.3, 0.4) is 0 Å². The summed E-state index contributed by atoms with van der Waals surface area (Å²) in [4.78, 5) is 25.9. The van der Waals surface area contributed by atoms with E-state index in [0.717, 1.165) is 46.2 Å². The van der Waals surface area contributed by atoms with E-state index < -0.39 is 28.8 Å². The monoisotopic (exact) mass is 825 g/mol. The zero-order chi connectivity index (χ0) is 44.1. The molecule has 4 rings (SSSR count). The molecule has 2 saturated heterocycles. The highest BCUT2D eigenvalue weighted by Gasteiger charge is 2.48. The van der Waals surface area contributed by atoms with Gasteiger partial charge in [-0.2, -0.15) is 0 Å². The van der Waals surface area contributed by atoms with E-state index in [-0.39, 0.29) is 60.7 Å². The molecule has 2 aliphatic heterocycles. The zero-order valence-corrected chi connectivity index (χ0v) is 38.8. The standard InChI is InChI=1S/C49H76O10/c1-15-31(3)35-21-33(23-37(41(35)52)45(5,6)7)17-19-39(50)54-25-47(11,12)43-56-27-49(28-57-43)29-58-44(59-30-49)48(13,14)26-55-40(51)20-18-34-22-36(32(4)16-2)42(53)38(24-34)46(8,9)10/h21-24,31-32,43-44,52-53H,15-20,25-30H2,1-14H3. The lowest BCUT2D eigenvalue weighted by Gasteiger charge is -2.48. The highest BCUT2D eigenvalue weighted by Crippen LogP contribution is 2.42. The second-order valence-corrected chi connectivity index (χ2v) is 21.0. The average Bonchev–Trinajstić information content (AvgIpc) is 3.17. The molecule has 2 atom stereocenters. The highest BCUT2D eigenvalue weighted by molar-refractivity contribution is 5.70. The van der Waals surface area contributed by atoms with Crippen LogP contribution in [0, 0.1) is 16.2 Å². The van der Waals surface area contributed by atoms with Crippen LogP contribution >= 0.6 is 0 Å². The van der Waals surface area contributed by atoms with Gasteiger partial charge in [-0.3, -0.25) is 9.59 Å². The van der Waals surface area contributed by atoms with Crippen LogP contribution in [0.5, 0.6) is 11.5 Å². The van der Waals surface area contributed by atoms with Gasteiger partial charge in [0.2, 0.25) is 0 Å². The maximum Gasteiger partial charge on any atom is 0.306 e. The topological polar surface area (TPSA) is 130 Å². The summed E-state index contributed by atoms with van der Waals surface area (Å²) in [6.45, 7) is 30.5. The van der Waals surface area contributed by atoms with E-state index in [9.17, 15) is 19.8 Å². The van der Waals surface area contributed by atoms with E-state index in [0.29, 0.717) is 50.8 Å². The molecule has 0 amide bonds. The Kier molecular flexibility index (Phi) is 15.8. The van der Waals surface area contributed by atoms with Crippen LogP contribution in [-0.2, 0) is 61.7 Å². The number of benzene rings is 2. The summed E-state index contributed by atoms with van der Waals surface area (Å²) in [6.07, 6.45) is 2.14. The SMILES string of the molecule is CCC(C)c1cc(CCC(=O)OCC(C)(C)C2OCC3(CO2)COC(C(C)(C)COC(=O)CCc2cc(C(C)CC)c(O)c(C(C)(C)C)c2)OC3)cc(C(C)(C)C)c1O. The third kappa shape index (κ3) is 12.5. The van der Waals surface area contributed by atoms with E-state index in [2.05, 4.69) is 69.2 Å². The number of hydrogen-bond donors (Lipinski definition) is 2. The Hall–Kier alpha value is -3.18. The first kappa shape index (κ1) is 48.5. The van der Waals surface area contributed by atoms with Crippen molar-refractivity contribution in [1.29, 1.82) is 0 Å². The predicted octanol–water partition coefficient (Wildman–Crippen LogP) is 10.2. The summed E-state index contributed by atoms with van der Waals surface area (Å²) in [6, 6.07) is 8.08. The summed E-state index contributed by atoms with van der Waals surface area (Å²) in [5.41, 5.74) is 3.50. The van der Waals surface area contributed by atoms with Gasteiger partial charge < -0.3 is 38.6 Å². The number of ether oxygens (including phenoxy) is 6. The Morgan fingerprint density at radius 3 is 1.24 bits per heavy atom. The van der Waals surface area contributed by atoms with Crippen LogP contribution in [0.2, 0.25) is 0 Å². The van der Waals surface area contributed by atoms with Crippen molar-refractivity contribution in [1.82, 2.24) is 0 Å². The summed E-state index contributed by atoms with van der Waals surface area (Å²) in [5.74, 6) is 0.527. The number of phenols is 2. The quantitative estimate of drug-likeness (QED) is 0.158. The molecule has 1 spiro atoms. The van der Waals surface area contributed by atoms with E-state index in [1.54, 1.807) is 0 Å². The largest absolute Gasteiger partial charge is 0.507 e. The van der Waals surface area contributed by atoms with Gasteiger partial charge in [-0.1, -0.05) is 121 Å². The Balaban J connectivity index is 1.22. The molecule has 0 radical (unpaired) electrons. The van der Waals surface area contributed by atoms with Gasteiger partial charge >= 0.3 is 11.9 Å². The van der Waals surface area contributed by atoms with E-state index in [1.807, 2.05) is 52.0 Å². The third-order valence-electron chi connectivity index (χ3n) is 12.2. The summed E-state index contributed by atoms with van der Waals surface area (Å²) in [5, 5.41) is 22.1. The number of rotatable bonds is 16. The molecule has 2 aliphatic rings. The molecule has 0 bridgehead atoms. The van der Waals surface area contributed by atoms with E-state index in [4.69, 9.17) is 28.4 Å². The fourth-order valence-corrected chi connectivity index (χ4v) is 7.63. The van der Waals surface area contributed by atoms with Gasteiger partial charge in [0.15, 0.2) is 12.6 Å². The molecular weight excluding hydrogens is 749 g/mol. The highest BCUT2D eigenvalue weighted by atomic mass is 16.7. The lowest BCUT2D eigenvalue weighted by Crippen LogP contribution is -2.57. The van der Waals surface area contributed by atoms with E-state index in [1.165, 1.54) is 0 Å². The van der Waals surface area contributed by atoms with Crippen molar-refractivity contribution < 1.29 is 48.2 Å². The van der Waals surface area contributed by atoms with Crippen LogP contribution in [0.4, 0.5) is 0 Å². The van der Waals surface area contributed by atoms with Crippen molar-refractivity contribution >= 4 is 11.9 Å². The molecule has 2 aromatic rings. The van der Waals surface area contributed by atoms with Crippen LogP contribution in [-0.4, -0.2) is 74.4 Å². The Bertz CT molecular complexity index is 1600. The smallest absolute Gasteiger partial charge is 0.306 e. The van der Waals surface area contributed by atoms with Crippen LogP contribution in [0.15, 0.2) is 24.3 Å². The predicted molar refractivity (Wildman–Crippen MR) is 231 cm³/mol. The summed E-state index contributed by atoms with van der Waals surface area (Å²) >= 11 is 0. The van der Waals surface area contributed by atoms with Gasteiger partial charge in [-0.05, 0) is 81.7 Å². The van der Waals surface area contributed by atoms with Crippen molar-refractivity contribution in [2.45, 2.75) is 171 Å². The normalized spacial score (nSPS) is 21.6. The number of aromatic hydroxyl groups is 2. The number of aryl methyl sites for hydroxylation is 2. The van der Waals surface area contributed by atoms with Crippen molar-refractivity contribution in [3.8, 4) is 11.5 Å². The second-order valence-electron chi connectivity index (χ2n) is 21.0. The molecule has 0 aliphatic carbocycles. The van der Waals surface area contributed by atoms with Gasteiger partial charge in [0.1, 0.15) is 24.7 Å². The number of hydrogen-bond acceptors (Lipinski definition) is 10. The lowest BCUT2D eigenvalue weighted by molar-refractivity contribution is -0.337. The minimum absolute atomic E-state index is 0.137. The number of carbonyl (C=O) groups excluding carboxylic acids is 2. The fourth-order valence-electron chi connectivity index (χ4n) is 7.63. The van der Waals surface area contributed by atoms with Gasteiger partial charge in [0.05, 0.1) is 31.8 Å². The molecule has 0 aromatic heterocycles. The minimum Gasteiger partial charge on any atom is -0.507 e. The maximum atomic E-state index is 13.0. The fraction of sp³-hybridized carbons (Fsp3) is 0.714. The minimum atomic E-state index is -0.600. The van der Waals surface area contributed by atoms with Crippen LogP contribution < -0.4 is 0 Å². The molecule has 10 nitrogen and oxygen atoms in total. The lowest BCUT2D eigenvalue weighted by atomic mass is 9.81. The Morgan fingerprint density at radius 1 is 0.627 bits per heavy atom. The van der Waals surface area contributed by atoms with Gasteiger partial charge in [-0.15, -0.1) is 0 Å². The average molecular weight is 825 g/mol. The molecule has 2 N–H and O–H groups in total. The van der Waals surface area contributed by atoms with Gasteiger partial charge in [-0.25, -0.2) is 0 Å². The Labute approximate surface area is 355 Å². The molecule has 0 saturated carbocycles. The molecule has 2 heterocycles. The van der Waals surface area contributed by atoms with E-state index >= 15 is 0 Å². The molecule has 2 unspecified atom stereocenters. The van der Waals surface area contributed by atoms with Gasteiger partial charge in [0.25, 0.3) is 0 Å². The van der Waals surface area contributed by atoms with Gasteiger partial charge in [0, 0.05) is 23.7 Å². The maximum absolute atomic E-state index is 13.0. The van der Waals surface area contributed by atoms with Crippen molar-refractivity contribution in [2.75, 3.05) is 39.6 Å². The molecule has 10 heteroatoms. The molecule has 59 heavy (non-hydrogen) atoms. The van der Waals surface area contributed by atoms with Crippen molar-refractivity contribution in [3.63, 3.8) is 0 Å². The number of carbonyl (C=O) groups is 2. The molecular formula is C49H76O10. The van der Waals surface area contributed by atoms with Crippen molar-refractivity contribution in [3.05, 3.63) is 57.6 Å². The second kappa shape index (κ2) is 19.3. The summed E-state index contributed by atoms with van der Waals surface area (Å²) in [7, 11) is 0. The first-order valence-electron chi connectivity index (χ1n) is 21.8. The molecule has 2 fully saturated rings. The molecule has 2 aromatic carbocycles. The third-order valence-corrected chi connectivity index (χ3v) is 12.2. The first-order chi connectivity index (χ1) is 27.3. The Morgan fingerprint density at radius 2 is 0.949 bits per heavy atom. The first-order valence-corrected chi connectivity index (χ1v) is 21.8. The molecule has 332 valence electrons. The summed E-state index contributed by atoms with van der Waals surface area (Å²) < 4.78 is 36.5.